The smallest absolute Gasteiger partial charge is 0.0593 e. The Labute approximate surface area is 105 Å². The standard InChI is InChI=1S/C14H25N3/c1-3-9-15-14-6-4-5-13(14)8-11-17-10-7-12(2)16-17/h7,10,13-15H,3-6,8-9,11H2,1-2H3. The summed E-state index contributed by atoms with van der Waals surface area (Å²) in [4.78, 5) is 0. The summed E-state index contributed by atoms with van der Waals surface area (Å²) < 4.78 is 2.09. The molecule has 0 radical (unpaired) electrons. The Hall–Kier alpha value is -0.830. The van der Waals surface area contributed by atoms with Crippen molar-refractivity contribution in [2.75, 3.05) is 6.54 Å². The van der Waals surface area contributed by atoms with E-state index in [4.69, 9.17) is 0 Å². The molecule has 0 spiro atoms. The average Bonchev–Trinajstić information content (AvgIpc) is 2.92. The van der Waals surface area contributed by atoms with Crippen molar-refractivity contribution in [1.29, 1.82) is 0 Å². The molecule has 3 heteroatoms. The van der Waals surface area contributed by atoms with E-state index in [-0.39, 0.29) is 0 Å². The van der Waals surface area contributed by atoms with Crippen LogP contribution in [-0.2, 0) is 6.54 Å². The molecule has 1 heterocycles. The van der Waals surface area contributed by atoms with Gasteiger partial charge >= 0.3 is 0 Å². The van der Waals surface area contributed by atoms with Crippen molar-refractivity contribution in [3.8, 4) is 0 Å². The molecule has 1 aromatic rings. The summed E-state index contributed by atoms with van der Waals surface area (Å²) >= 11 is 0. The molecule has 1 saturated carbocycles. The Morgan fingerprint density at radius 2 is 2.35 bits per heavy atom. The zero-order valence-corrected chi connectivity index (χ0v) is 11.2. The summed E-state index contributed by atoms with van der Waals surface area (Å²) in [5.41, 5.74) is 1.12. The van der Waals surface area contributed by atoms with E-state index in [0.717, 1.165) is 24.2 Å². The van der Waals surface area contributed by atoms with Gasteiger partial charge in [0.05, 0.1) is 5.69 Å². The van der Waals surface area contributed by atoms with E-state index in [1.54, 1.807) is 0 Å². The molecule has 0 amide bonds. The van der Waals surface area contributed by atoms with E-state index in [1.165, 1.54) is 38.6 Å². The second-order valence-corrected chi connectivity index (χ2v) is 5.26. The van der Waals surface area contributed by atoms with Gasteiger partial charge in [0.2, 0.25) is 0 Å². The Balaban J connectivity index is 1.77. The lowest BCUT2D eigenvalue weighted by Crippen LogP contribution is -2.33. The molecule has 0 aliphatic heterocycles. The largest absolute Gasteiger partial charge is 0.314 e. The van der Waals surface area contributed by atoms with Crippen LogP contribution in [-0.4, -0.2) is 22.4 Å². The van der Waals surface area contributed by atoms with Gasteiger partial charge in [-0.1, -0.05) is 13.3 Å². The minimum atomic E-state index is 0.756. The Morgan fingerprint density at radius 3 is 3.06 bits per heavy atom. The van der Waals surface area contributed by atoms with Crippen LogP contribution in [0.25, 0.3) is 0 Å². The monoisotopic (exact) mass is 235 g/mol. The number of rotatable bonds is 6. The van der Waals surface area contributed by atoms with Crippen molar-refractivity contribution in [3.05, 3.63) is 18.0 Å². The molecule has 96 valence electrons. The number of aryl methyl sites for hydroxylation is 2. The van der Waals surface area contributed by atoms with Crippen LogP contribution in [0.5, 0.6) is 0 Å². The number of nitrogens with one attached hydrogen (secondary N) is 1. The summed E-state index contributed by atoms with van der Waals surface area (Å²) in [6.07, 6.45) is 8.75. The first-order chi connectivity index (χ1) is 8.29. The van der Waals surface area contributed by atoms with E-state index >= 15 is 0 Å². The topological polar surface area (TPSA) is 29.9 Å². The summed E-state index contributed by atoms with van der Waals surface area (Å²) in [7, 11) is 0. The molecule has 1 aromatic heterocycles. The van der Waals surface area contributed by atoms with Crippen LogP contribution in [0, 0.1) is 12.8 Å². The molecule has 0 aromatic carbocycles. The van der Waals surface area contributed by atoms with Gasteiger partial charge in [-0.05, 0) is 51.1 Å². The molecular weight excluding hydrogens is 210 g/mol. The van der Waals surface area contributed by atoms with E-state index in [0.29, 0.717) is 0 Å². The van der Waals surface area contributed by atoms with Gasteiger partial charge in [0.1, 0.15) is 0 Å². The van der Waals surface area contributed by atoms with Gasteiger partial charge in [0, 0.05) is 18.8 Å². The van der Waals surface area contributed by atoms with Crippen molar-refractivity contribution in [3.63, 3.8) is 0 Å². The third-order valence-corrected chi connectivity index (χ3v) is 3.82. The van der Waals surface area contributed by atoms with Crippen LogP contribution in [0.1, 0.15) is 44.7 Å². The van der Waals surface area contributed by atoms with Gasteiger partial charge in [-0.15, -0.1) is 0 Å². The summed E-state index contributed by atoms with van der Waals surface area (Å²) in [6, 6.07) is 2.84. The van der Waals surface area contributed by atoms with Crippen molar-refractivity contribution < 1.29 is 0 Å². The lowest BCUT2D eigenvalue weighted by molar-refractivity contribution is 0.354. The second kappa shape index (κ2) is 6.20. The summed E-state index contributed by atoms with van der Waals surface area (Å²) in [5.74, 6) is 0.853. The van der Waals surface area contributed by atoms with Gasteiger partial charge in [0.25, 0.3) is 0 Å². The van der Waals surface area contributed by atoms with E-state index in [9.17, 15) is 0 Å². The highest BCUT2D eigenvalue weighted by Crippen LogP contribution is 2.28. The highest BCUT2D eigenvalue weighted by Gasteiger charge is 2.26. The fourth-order valence-electron chi connectivity index (χ4n) is 2.87. The Bertz CT molecular complexity index is 332. The van der Waals surface area contributed by atoms with E-state index < -0.39 is 0 Å². The third-order valence-electron chi connectivity index (χ3n) is 3.82. The number of hydrogen-bond donors (Lipinski definition) is 1. The van der Waals surface area contributed by atoms with E-state index in [1.807, 2.05) is 0 Å². The van der Waals surface area contributed by atoms with Crippen LogP contribution in [0.4, 0.5) is 0 Å². The van der Waals surface area contributed by atoms with Gasteiger partial charge in [-0.3, -0.25) is 4.68 Å². The van der Waals surface area contributed by atoms with Crippen LogP contribution in [0.3, 0.4) is 0 Å². The Morgan fingerprint density at radius 1 is 1.47 bits per heavy atom. The number of hydrogen-bond acceptors (Lipinski definition) is 2. The lowest BCUT2D eigenvalue weighted by Gasteiger charge is -2.20. The lowest BCUT2D eigenvalue weighted by atomic mass is 9.99. The molecular formula is C14H25N3. The third kappa shape index (κ3) is 3.56. The molecule has 2 rings (SSSR count). The van der Waals surface area contributed by atoms with Crippen molar-refractivity contribution >= 4 is 0 Å². The molecule has 2 atom stereocenters. The predicted octanol–water partition coefficient (Wildman–Crippen LogP) is 2.75. The summed E-state index contributed by atoms with van der Waals surface area (Å²) in [6.45, 7) is 6.53. The molecule has 1 aliphatic carbocycles. The Kier molecular flexibility index (Phi) is 4.60. The van der Waals surface area contributed by atoms with Gasteiger partial charge in [-0.2, -0.15) is 5.10 Å². The fourth-order valence-corrected chi connectivity index (χ4v) is 2.87. The second-order valence-electron chi connectivity index (χ2n) is 5.26. The summed E-state index contributed by atoms with van der Waals surface area (Å²) in [5, 5.41) is 8.15. The highest BCUT2D eigenvalue weighted by atomic mass is 15.3. The molecule has 1 fully saturated rings. The molecule has 0 bridgehead atoms. The maximum absolute atomic E-state index is 4.46. The maximum atomic E-state index is 4.46. The van der Waals surface area contributed by atoms with Crippen LogP contribution in [0.15, 0.2) is 12.3 Å². The van der Waals surface area contributed by atoms with Crippen molar-refractivity contribution in [2.45, 2.75) is 58.5 Å². The van der Waals surface area contributed by atoms with Gasteiger partial charge < -0.3 is 5.32 Å². The fraction of sp³-hybridized carbons (Fsp3) is 0.786. The van der Waals surface area contributed by atoms with Crippen LogP contribution >= 0.6 is 0 Å². The quantitative estimate of drug-likeness (QED) is 0.821. The molecule has 3 nitrogen and oxygen atoms in total. The van der Waals surface area contributed by atoms with Crippen molar-refractivity contribution in [2.24, 2.45) is 5.92 Å². The van der Waals surface area contributed by atoms with Gasteiger partial charge in [0.15, 0.2) is 0 Å². The zero-order valence-electron chi connectivity index (χ0n) is 11.2. The first-order valence-corrected chi connectivity index (χ1v) is 7.03. The number of aromatic nitrogens is 2. The molecule has 17 heavy (non-hydrogen) atoms. The SMILES string of the molecule is CCCNC1CCCC1CCn1ccc(C)n1. The minimum absolute atomic E-state index is 0.756. The molecule has 2 unspecified atom stereocenters. The van der Waals surface area contributed by atoms with Crippen molar-refractivity contribution in [1.82, 2.24) is 15.1 Å². The first kappa shape index (κ1) is 12.6. The molecule has 0 saturated heterocycles. The number of nitrogens with zero attached hydrogens (tertiary/aromatic N) is 2. The predicted molar refractivity (Wildman–Crippen MR) is 71.0 cm³/mol. The first-order valence-electron chi connectivity index (χ1n) is 7.03. The highest BCUT2D eigenvalue weighted by molar-refractivity contribution is 4.94. The minimum Gasteiger partial charge on any atom is -0.314 e. The van der Waals surface area contributed by atoms with E-state index in [2.05, 4.69) is 41.2 Å². The molecule has 1 aliphatic rings. The average molecular weight is 235 g/mol. The molecule has 1 N–H and O–H groups in total. The van der Waals surface area contributed by atoms with Gasteiger partial charge in [-0.25, -0.2) is 0 Å². The normalized spacial score (nSPS) is 24.4. The maximum Gasteiger partial charge on any atom is 0.0593 e. The van der Waals surface area contributed by atoms with Crippen LogP contribution < -0.4 is 5.32 Å². The zero-order chi connectivity index (χ0) is 12.1. The van der Waals surface area contributed by atoms with Crippen LogP contribution in [0.2, 0.25) is 0 Å².